The van der Waals surface area contributed by atoms with Crippen LogP contribution in [0.25, 0.3) is 0 Å². The summed E-state index contributed by atoms with van der Waals surface area (Å²) in [7, 11) is 0. The molecule has 0 aliphatic carbocycles. The predicted octanol–water partition coefficient (Wildman–Crippen LogP) is 3.30. The molecule has 9 heteroatoms. The first-order chi connectivity index (χ1) is 8.55. The van der Waals surface area contributed by atoms with Crippen molar-refractivity contribution in [2.75, 3.05) is 0 Å². The first kappa shape index (κ1) is 15.1. The second-order valence-corrected chi connectivity index (χ2v) is 3.46. The zero-order valence-corrected chi connectivity index (χ0v) is 9.30. The molecule has 0 saturated heterocycles. The highest BCUT2D eigenvalue weighted by Crippen LogP contribution is 2.31. The topological polar surface area (TPSA) is 45.9 Å². The molecule has 3 nitrogen and oxygen atoms in total. The van der Waals surface area contributed by atoms with Gasteiger partial charge in [0.25, 0.3) is 0 Å². The molecule has 1 atom stereocenters. The summed E-state index contributed by atoms with van der Waals surface area (Å²) in [5.74, 6) is -0.998. The van der Waals surface area contributed by atoms with Crippen LogP contribution in [0.2, 0.25) is 0 Å². The van der Waals surface area contributed by atoms with E-state index < -0.39 is 35.6 Å². The quantitative estimate of drug-likeness (QED) is 0.783. The highest BCUT2D eigenvalue weighted by atomic mass is 19.4. The van der Waals surface area contributed by atoms with Gasteiger partial charge >= 0.3 is 12.4 Å². The van der Waals surface area contributed by atoms with Crippen LogP contribution in [-0.2, 0) is 6.18 Å². The highest BCUT2D eigenvalue weighted by molar-refractivity contribution is 5.39. The summed E-state index contributed by atoms with van der Waals surface area (Å²) in [5.41, 5.74) is -1.94. The second kappa shape index (κ2) is 4.95. The minimum atomic E-state index is -4.84. The van der Waals surface area contributed by atoms with Gasteiger partial charge in [0.1, 0.15) is 17.3 Å². The van der Waals surface area contributed by atoms with E-state index in [4.69, 9.17) is 5.26 Å². The van der Waals surface area contributed by atoms with E-state index in [2.05, 4.69) is 9.72 Å². The van der Waals surface area contributed by atoms with Crippen molar-refractivity contribution in [3.63, 3.8) is 0 Å². The van der Waals surface area contributed by atoms with Crippen LogP contribution < -0.4 is 4.74 Å². The second-order valence-electron chi connectivity index (χ2n) is 3.46. The molecule has 0 saturated carbocycles. The lowest BCUT2D eigenvalue weighted by Gasteiger charge is -2.18. The van der Waals surface area contributed by atoms with Crippen LogP contribution in [0.1, 0.15) is 18.2 Å². The Kier molecular flexibility index (Phi) is 3.93. The van der Waals surface area contributed by atoms with Gasteiger partial charge in [-0.05, 0) is 19.1 Å². The first-order valence-corrected chi connectivity index (χ1v) is 4.77. The van der Waals surface area contributed by atoms with Gasteiger partial charge in [-0.1, -0.05) is 0 Å². The van der Waals surface area contributed by atoms with Gasteiger partial charge in [0.2, 0.25) is 5.88 Å². The minimum absolute atomic E-state index is 0.490. The maximum Gasteiger partial charge on any atom is 0.433 e. The lowest BCUT2D eigenvalue weighted by Crippen LogP contribution is -2.32. The van der Waals surface area contributed by atoms with Crippen molar-refractivity contribution in [1.29, 1.82) is 5.26 Å². The zero-order valence-electron chi connectivity index (χ0n) is 9.30. The van der Waals surface area contributed by atoms with Gasteiger partial charge in [-0.25, -0.2) is 4.98 Å². The van der Waals surface area contributed by atoms with Crippen molar-refractivity contribution in [2.24, 2.45) is 0 Å². The number of hydrogen-bond donors (Lipinski definition) is 0. The van der Waals surface area contributed by atoms with Gasteiger partial charge in [0.15, 0.2) is 6.10 Å². The summed E-state index contributed by atoms with van der Waals surface area (Å²) < 4.78 is 78.1. The number of hydrogen-bond acceptors (Lipinski definition) is 3. The van der Waals surface area contributed by atoms with Crippen molar-refractivity contribution in [2.45, 2.75) is 25.4 Å². The van der Waals surface area contributed by atoms with Crippen LogP contribution in [0.15, 0.2) is 12.1 Å². The summed E-state index contributed by atoms with van der Waals surface area (Å²) in [6, 6.07) is 2.60. The molecule has 1 heterocycles. The molecule has 1 aromatic rings. The summed E-state index contributed by atoms with van der Waals surface area (Å²) in [6.07, 6.45) is -12.0. The van der Waals surface area contributed by atoms with E-state index in [0.717, 1.165) is 0 Å². The van der Waals surface area contributed by atoms with Crippen LogP contribution in [0.4, 0.5) is 26.3 Å². The van der Waals surface area contributed by atoms with Crippen LogP contribution >= 0.6 is 0 Å². The summed E-state index contributed by atoms with van der Waals surface area (Å²) in [6.45, 7) is 0.600. The molecular weight excluding hydrogens is 278 g/mol. The molecular formula is C10H6F6N2O. The Morgan fingerprint density at radius 3 is 2.21 bits per heavy atom. The molecule has 0 spiro atoms. The SMILES string of the molecule is CC(Oc1nc(C(F)(F)F)ccc1C#N)C(F)(F)F. The molecule has 0 fully saturated rings. The fraction of sp³-hybridized carbons (Fsp3) is 0.400. The highest BCUT2D eigenvalue weighted by Gasteiger charge is 2.39. The van der Waals surface area contributed by atoms with Gasteiger partial charge < -0.3 is 4.74 Å². The van der Waals surface area contributed by atoms with E-state index in [9.17, 15) is 26.3 Å². The number of ether oxygens (including phenoxy) is 1. The lowest BCUT2D eigenvalue weighted by atomic mass is 10.2. The van der Waals surface area contributed by atoms with Gasteiger partial charge in [-0.2, -0.15) is 31.6 Å². The molecule has 104 valence electrons. The number of pyridine rings is 1. The molecule has 0 bridgehead atoms. The molecule has 1 aromatic heterocycles. The van der Waals surface area contributed by atoms with Gasteiger partial charge in [0, 0.05) is 0 Å². The van der Waals surface area contributed by atoms with Crippen LogP contribution in [0.3, 0.4) is 0 Å². The van der Waals surface area contributed by atoms with E-state index >= 15 is 0 Å². The molecule has 0 aliphatic rings. The van der Waals surface area contributed by atoms with Gasteiger partial charge in [-0.3, -0.25) is 0 Å². The third kappa shape index (κ3) is 3.74. The standard InChI is InChI=1S/C10H6F6N2O/c1-5(9(11,12)13)19-8-6(4-17)2-3-7(18-8)10(14,15)16/h2-3,5H,1H3. The molecule has 0 radical (unpaired) electrons. The number of nitriles is 1. The van der Waals surface area contributed by atoms with Crippen molar-refractivity contribution >= 4 is 0 Å². The molecule has 0 amide bonds. The largest absolute Gasteiger partial charge is 0.464 e. The third-order valence-electron chi connectivity index (χ3n) is 2.02. The Balaban J connectivity index is 3.15. The summed E-state index contributed by atoms with van der Waals surface area (Å²) in [5, 5.41) is 8.60. The average Bonchev–Trinajstić information content (AvgIpc) is 2.26. The maximum absolute atomic E-state index is 12.4. The summed E-state index contributed by atoms with van der Waals surface area (Å²) in [4.78, 5) is 2.90. The Morgan fingerprint density at radius 1 is 1.21 bits per heavy atom. The van der Waals surface area contributed by atoms with E-state index in [1.807, 2.05) is 0 Å². The summed E-state index contributed by atoms with van der Waals surface area (Å²) >= 11 is 0. The van der Waals surface area contributed by atoms with E-state index in [1.165, 1.54) is 6.07 Å². The van der Waals surface area contributed by atoms with Gasteiger partial charge in [0.05, 0.1) is 0 Å². The number of rotatable bonds is 2. The zero-order chi connectivity index (χ0) is 14.8. The predicted molar refractivity (Wildman–Crippen MR) is 50.1 cm³/mol. The fourth-order valence-electron chi connectivity index (χ4n) is 1.01. The molecule has 19 heavy (non-hydrogen) atoms. The molecule has 0 aromatic carbocycles. The van der Waals surface area contributed by atoms with Gasteiger partial charge in [-0.15, -0.1) is 0 Å². The van der Waals surface area contributed by atoms with E-state index in [1.54, 1.807) is 0 Å². The molecule has 1 rings (SSSR count). The van der Waals surface area contributed by atoms with Crippen LogP contribution in [0.5, 0.6) is 5.88 Å². The van der Waals surface area contributed by atoms with Crippen molar-refractivity contribution in [1.82, 2.24) is 4.98 Å². The molecule has 1 unspecified atom stereocenters. The monoisotopic (exact) mass is 284 g/mol. The Hall–Kier alpha value is -1.98. The number of nitrogens with zero attached hydrogens (tertiary/aromatic N) is 2. The van der Waals surface area contributed by atoms with Crippen molar-refractivity contribution in [3.05, 3.63) is 23.4 Å². The lowest BCUT2D eigenvalue weighted by molar-refractivity contribution is -0.190. The minimum Gasteiger partial charge on any atom is -0.464 e. The van der Waals surface area contributed by atoms with Crippen molar-refractivity contribution in [3.8, 4) is 11.9 Å². The Bertz CT molecular complexity index is 502. The molecule has 0 aliphatic heterocycles. The smallest absolute Gasteiger partial charge is 0.433 e. The van der Waals surface area contributed by atoms with Crippen molar-refractivity contribution < 1.29 is 31.1 Å². The molecule has 0 N–H and O–H groups in total. The van der Waals surface area contributed by atoms with E-state index in [-0.39, 0.29) is 0 Å². The number of halogens is 6. The Labute approximate surface area is 103 Å². The third-order valence-corrected chi connectivity index (χ3v) is 2.02. The van der Waals surface area contributed by atoms with E-state index in [0.29, 0.717) is 19.1 Å². The normalized spacial score (nSPS) is 13.8. The average molecular weight is 284 g/mol. The van der Waals surface area contributed by atoms with Crippen LogP contribution in [-0.4, -0.2) is 17.3 Å². The first-order valence-electron chi connectivity index (χ1n) is 4.77. The fourth-order valence-corrected chi connectivity index (χ4v) is 1.01. The number of aromatic nitrogens is 1. The Morgan fingerprint density at radius 2 is 1.79 bits per heavy atom. The maximum atomic E-state index is 12.4. The van der Waals surface area contributed by atoms with Crippen LogP contribution in [0, 0.1) is 11.3 Å². The number of alkyl halides is 6.